The summed E-state index contributed by atoms with van der Waals surface area (Å²) in [5.74, 6) is 3.03. The summed E-state index contributed by atoms with van der Waals surface area (Å²) >= 11 is 0. The molecule has 2 aromatic heterocycles. The van der Waals surface area contributed by atoms with Gasteiger partial charge in [-0.25, -0.2) is 9.97 Å². The lowest BCUT2D eigenvalue weighted by Gasteiger charge is -2.11. The van der Waals surface area contributed by atoms with E-state index in [9.17, 15) is 0 Å². The zero-order valence-electron chi connectivity index (χ0n) is 12.7. The van der Waals surface area contributed by atoms with E-state index in [0.717, 1.165) is 29.4 Å². The molecule has 2 heterocycles. The van der Waals surface area contributed by atoms with Gasteiger partial charge in [0.1, 0.15) is 17.3 Å². The number of hydrogen-bond acceptors (Lipinski definition) is 4. The van der Waals surface area contributed by atoms with Gasteiger partial charge in [0.05, 0.1) is 7.11 Å². The van der Waals surface area contributed by atoms with E-state index >= 15 is 0 Å². The second-order valence-electron chi connectivity index (χ2n) is 5.52. The summed E-state index contributed by atoms with van der Waals surface area (Å²) in [6.07, 6.45) is 6.80. The van der Waals surface area contributed by atoms with E-state index in [4.69, 9.17) is 15.5 Å². The fourth-order valence-corrected chi connectivity index (χ4v) is 3.17. The molecule has 1 aliphatic carbocycles. The van der Waals surface area contributed by atoms with Gasteiger partial charge in [0.15, 0.2) is 0 Å². The summed E-state index contributed by atoms with van der Waals surface area (Å²) in [5.41, 5.74) is 8.11. The van der Waals surface area contributed by atoms with Crippen molar-refractivity contribution < 1.29 is 4.74 Å². The van der Waals surface area contributed by atoms with Crippen LogP contribution < -0.4 is 10.5 Å². The van der Waals surface area contributed by atoms with Crippen LogP contribution in [0.15, 0.2) is 18.3 Å². The van der Waals surface area contributed by atoms with Gasteiger partial charge in [-0.3, -0.25) is 0 Å². The largest absolute Gasteiger partial charge is 0.481 e. The number of hydrogen-bond donors (Lipinski definition) is 1. The smallest absolute Gasteiger partial charge is 0.212 e. The fraction of sp³-hybridized carbons (Fsp3) is 0.500. The maximum absolute atomic E-state index is 6.33. The molecule has 1 aliphatic rings. The molecule has 0 aromatic carbocycles. The Kier molecular flexibility index (Phi) is 3.82. The van der Waals surface area contributed by atoms with Crippen LogP contribution in [0, 0.1) is 0 Å². The lowest BCUT2D eigenvalue weighted by Crippen LogP contribution is -2.08. The topological polar surface area (TPSA) is 66.0 Å². The molecule has 0 bridgehead atoms. The second kappa shape index (κ2) is 5.76. The minimum absolute atomic E-state index is 0.548. The molecule has 0 spiro atoms. The minimum Gasteiger partial charge on any atom is -0.481 e. The Hall–Kier alpha value is -2.04. The van der Waals surface area contributed by atoms with Crippen LogP contribution >= 0.6 is 0 Å². The Bertz CT molecular complexity index is 612. The number of nitrogens with two attached hydrogens (primary N) is 1. The molecule has 0 saturated heterocycles. The van der Waals surface area contributed by atoms with Crippen molar-refractivity contribution in [2.45, 2.75) is 45.1 Å². The predicted octanol–water partition coefficient (Wildman–Crippen LogP) is 3.21. The molecule has 2 aromatic rings. The first-order chi connectivity index (χ1) is 10.2. The molecule has 0 unspecified atom stereocenters. The lowest BCUT2D eigenvalue weighted by atomic mass is 10.1. The number of pyridine rings is 1. The van der Waals surface area contributed by atoms with E-state index in [2.05, 4.69) is 16.5 Å². The third-order valence-corrected chi connectivity index (χ3v) is 4.29. The van der Waals surface area contributed by atoms with Gasteiger partial charge in [0.2, 0.25) is 5.88 Å². The average Bonchev–Trinajstić information content (AvgIpc) is 3.15. The van der Waals surface area contributed by atoms with Gasteiger partial charge in [-0.05, 0) is 25.8 Å². The standard InChI is InChI=1S/C16H22N4O/c1-3-20-15(17)14(12-8-9-13(21-2)18-10-12)19-16(20)11-6-4-5-7-11/h8-11H,3-7,17H2,1-2H3. The molecule has 2 N–H and O–H groups in total. The quantitative estimate of drug-likeness (QED) is 0.937. The van der Waals surface area contributed by atoms with Gasteiger partial charge in [0, 0.05) is 30.3 Å². The Morgan fingerprint density at radius 2 is 2.10 bits per heavy atom. The summed E-state index contributed by atoms with van der Waals surface area (Å²) < 4.78 is 7.25. The summed E-state index contributed by atoms with van der Waals surface area (Å²) in [6.45, 7) is 2.97. The van der Waals surface area contributed by atoms with Gasteiger partial charge in [-0.1, -0.05) is 12.8 Å². The van der Waals surface area contributed by atoms with Crippen LogP contribution in [0.3, 0.4) is 0 Å². The summed E-state index contributed by atoms with van der Waals surface area (Å²) in [4.78, 5) is 9.10. The maximum Gasteiger partial charge on any atom is 0.212 e. The maximum atomic E-state index is 6.33. The molecular weight excluding hydrogens is 264 g/mol. The number of nitrogen functional groups attached to an aromatic ring is 1. The molecule has 5 heteroatoms. The molecule has 0 atom stereocenters. The number of methoxy groups -OCH3 is 1. The summed E-state index contributed by atoms with van der Waals surface area (Å²) in [5, 5.41) is 0. The number of rotatable bonds is 4. The predicted molar refractivity (Wildman–Crippen MR) is 83.3 cm³/mol. The highest BCUT2D eigenvalue weighted by atomic mass is 16.5. The van der Waals surface area contributed by atoms with Crippen LogP contribution in [-0.4, -0.2) is 21.6 Å². The van der Waals surface area contributed by atoms with E-state index in [-0.39, 0.29) is 0 Å². The number of imidazole rings is 1. The van der Waals surface area contributed by atoms with Gasteiger partial charge >= 0.3 is 0 Å². The highest BCUT2D eigenvalue weighted by molar-refractivity contribution is 5.70. The van der Waals surface area contributed by atoms with E-state index < -0.39 is 0 Å². The molecule has 1 saturated carbocycles. The van der Waals surface area contributed by atoms with Gasteiger partial charge in [-0.15, -0.1) is 0 Å². The van der Waals surface area contributed by atoms with Gasteiger partial charge in [-0.2, -0.15) is 0 Å². The SMILES string of the molecule is CCn1c(C2CCCC2)nc(-c2ccc(OC)nc2)c1N. The van der Waals surface area contributed by atoms with Crippen LogP contribution in [0.1, 0.15) is 44.3 Å². The van der Waals surface area contributed by atoms with Crippen LogP contribution in [0.25, 0.3) is 11.3 Å². The van der Waals surface area contributed by atoms with E-state index in [1.165, 1.54) is 25.7 Å². The van der Waals surface area contributed by atoms with Crippen molar-refractivity contribution in [3.8, 4) is 17.1 Å². The number of aromatic nitrogens is 3. The Morgan fingerprint density at radius 3 is 2.67 bits per heavy atom. The number of nitrogens with zero attached hydrogens (tertiary/aromatic N) is 3. The van der Waals surface area contributed by atoms with Crippen molar-refractivity contribution in [2.24, 2.45) is 0 Å². The zero-order valence-corrected chi connectivity index (χ0v) is 12.7. The molecule has 0 amide bonds. The molecule has 5 nitrogen and oxygen atoms in total. The second-order valence-corrected chi connectivity index (χ2v) is 5.52. The van der Waals surface area contributed by atoms with Gasteiger partial charge < -0.3 is 15.0 Å². The Labute approximate surface area is 125 Å². The monoisotopic (exact) mass is 286 g/mol. The van der Waals surface area contributed by atoms with Crippen LogP contribution in [-0.2, 0) is 6.54 Å². The summed E-state index contributed by atoms with van der Waals surface area (Å²) in [6, 6.07) is 3.80. The molecule has 0 radical (unpaired) electrons. The molecule has 0 aliphatic heterocycles. The average molecular weight is 286 g/mol. The first kappa shape index (κ1) is 13.9. The van der Waals surface area contributed by atoms with Crippen molar-refractivity contribution in [1.82, 2.24) is 14.5 Å². The molecular formula is C16H22N4O. The van der Waals surface area contributed by atoms with Crippen LogP contribution in [0.5, 0.6) is 5.88 Å². The van der Waals surface area contributed by atoms with E-state index in [1.54, 1.807) is 13.3 Å². The van der Waals surface area contributed by atoms with Crippen molar-refractivity contribution in [1.29, 1.82) is 0 Å². The first-order valence-corrected chi connectivity index (χ1v) is 7.61. The third kappa shape index (κ3) is 2.48. The lowest BCUT2D eigenvalue weighted by molar-refractivity contribution is 0.398. The highest BCUT2D eigenvalue weighted by Gasteiger charge is 2.25. The van der Waals surface area contributed by atoms with E-state index in [0.29, 0.717) is 11.8 Å². The highest BCUT2D eigenvalue weighted by Crippen LogP contribution is 2.37. The zero-order chi connectivity index (χ0) is 14.8. The van der Waals surface area contributed by atoms with Crippen molar-refractivity contribution >= 4 is 5.82 Å². The van der Waals surface area contributed by atoms with Crippen molar-refractivity contribution in [2.75, 3.05) is 12.8 Å². The third-order valence-electron chi connectivity index (χ3n) is 4.29. The van der Waals surface area contributed by atoms with Gasteiger partial charge in [0.25, 0.3) is 0 Å². The Balaban J connectivity index is 2.01. The normalized spacial score (nSPS) is 15.5. The van der Waals surface area contributed by atoms with Crippen LogP contribution in [0.2, 0.25) is 0 Å². The molecule has 112 valence electrons. The Morgan fingerprint density at radius 1 is 1.33 bits per heavy atom. The molecule has 1 fully saturated rings. The van der Waals surface area contributed by atoms with E-state index in [1.807, 2.05) is 12.1 Å². The van der Waals surface area contributed by atoms with Crippen molar-refractivity contribution in [3.63, 3.8) is 0 Å². The minimum atomic E-state index is 0.548. The first-order valence-electron chi connectivity index (χ1n) is 7.61. The van der Waals surface area contributed by atoms with Crippen molar-refractivity contribution in [3.05, 3.63) is 24.2 Å². The molecule has 21 heavy (non-hydrogen) atoms. The summed E-state index contributed by atoms with van der Waals surface area (Å²) in [7, 11) is 1.61. The van der Waals surface area contributed by atoms with Crippen LogP contribution in [0.4, 0.5) is 5.82 Å². The molecule has 3 rings (SSSR count). The number of anilines is 1. The fourth-order valence-electron chi connectivity index (χ4n) is 3.17. The number of ether oxygens (including phenoxy) is 1.